The van der Waals surface area contributed by atoms with Crippen molar-refractivity contribution in [1.29, 1.82) is 0 Å². The highest BCUT2D eigenvalue weighted by atomic mass is 16.5. The van der Waals surface area contributed by atoms with E-state index in [1.165, 1.54) is 7.11 Å². The van der Waals surface area contributed by atoms with Crippen molar-refractivity contribution in [2.45, 2.75) is 32.7 Å². The molecule has 0 aromatic carbocycles. The first kappa shape index (κ1) is 12.5. The Balaban J connectivity index is 2.61. The van der Waals surface area contributed by atoms with E-state index in [0.717, 1.165) is 17.8 Å². The Morgan fingerprint density at radius 1 is 1.69 bits per heavy atom. The molecule has 1 rings (SSSR count). The van der Waals surface area contributed by atoms with Gasteiger partial charge in [0.2, 0.25) is 0 Å². The Morgan fingerprint density at radius 2 is 2.38 bits per heavy atom. The van der Waals surface area contributed by atoms with E-state index in [1.54, 1.807) is 4.68 Å². The number of nitrogens with zero attached hydrogens (tertiary/aromatic N) is 2. The van der Waals surface area contributed by atoms with Crippen LogP contribution < -0.4 is 5.32 Å². The molecule has 0 spiro atoms. The fourth-order valence-electron chi connectivity index (χ4n) is 1.57. The van der Waals surface area contributed by atoms with Crippen LogP contribution in [0.2, 0.25) is 0 Å². The molecule has 90 valence electrons. The highest BCUT2D eigenvalue weighted by Gasteiger charge is 2.12. The van der Waals surface area contributed by atoms with E-state index >= 15 is 0 Å². The maximum Gasteiger partial charge on any atom is 0.307 e. The molecule has 1 aromatic heterocycles. The molecule has 0 amide bonds. The summed E-state index contributed by atoms with van der Waals surface area (Å²) in [5.74, 6) is -0.207. The number of aryl methyl sites for hydroxylation is 2. The van der Waals surface area contributed by atoms with Crippen LogP contribution in [0.1, 0.15) is 26.0 Å². The number of esters is 1. The molecule has 5 heteroatoms. The molecule has 1 N–H and O–H groups in total. The lowest BCUT2D eigenvalue weighted by Crippen LogP contribution is -2.20. The number of rotatable bonds is 5. The average Bonchev–Trinajstić information content (AvgIpc) is 2.58. The molecule has 1 aromatic rings. The zero-order valence-electron chi connectivity index (χ0n) is 10.3. The monoisotopic (exact) mass is 225 g/mol. The van der Waals surface area contributed by atoms with Crippen molar-refractivity contribution in [2.24, 2.45) is 7.05 Å². The Bertz CT molecular complexity index is 360. The van der Waals surface area contributed by atoms with Gasteiger partial charge in [-0.3, -0.25) is 9.48 Å². The zero-order valence-corrected chi connectivity index (χ0v) is 10.3. The molecule has 0 saturated heterocycles. The van der Waals surface area contributed by atoms with E-state index in [9.17, 15) is 4.79 Å². The van der Waals surface area contributed by atoms with Gasteiger partial charge in [-0.1, -0.05) is 6.92 Å². The van der Waals surface area contributed by atoms with E-state index in [-0.39, 0.29) is 12.0 Å². The number of carbonyl (C=O) groups is 1. The first-order valence-electron chi connectivity index (χ1n) is 5.42. The van der Waals surface area contributed by atoms with E-state index in [4.69, 9.17) is 0 Å². The van der Waals surface area contributed by atoms with E-state index in [0.29, 0.717) is 6.42 Å². The first-order valence-corrected chi connectivity index (χ1v) is 5.42. The van der Waals surface area contributed by atoms with E-state index in [2.05, 4.69) is 22.1 Å². The predicted octanol–water partition coefficient (Wildman–Crippen LogP) is 1.35. The molecule has 0 bridgehead atoms. The number of aromatic nitrogens is 2. The van der Waals surface area contributed by atoms with Gasteiger partial charge in [-0.15, -0.1) is 0 Å². The summed E-state index contributed by atoms with van der Waals surface area (Å²) in [6.45, 7) is 4.00. The highest BCUT2D eigenvalue weighted by molar-refractivity contribution is 5.70. The van der Waals surface area contributed by atoms with Crippen molar-refractivity contribution in [2.75, 3.05) is 12.4 Å². The molecule has 0 aliphatic heterocycles. The predicted molar refractivity (Wildman–Crippen MR) is 62.3 cm³/mol. The van der Waals surface area contributed by atoms with Crippen LogP contribution in [0.25, 0.3) is 0 Å². The Kier molecular flexibility index (Phi) is 4.34. The number of nitrogens with one attached hydrogen (secondary N) is 1. The summed E-state index contributed by atoms with van der Waals surface area (Å²) in [7, 11) is 3.28. The zero-order chi connectivity index (χ0) is 12.1. The number of hydrogen-bond donors (Lipinski definition) is 1. The lowest BCUT2D eigenvalue weighted by Gasteiger charge is -2.13. The van der Waals surface area contributed by atoms with Crippen LogP contribution in [-0.4, -0.2) is 28.9 Å². The van der Waals surface area contributed by atoms with E-state index in [1.807, 2.05) is 20.2 Å². The summed E-state index contributed by atoms with van der Waals surface area (Å²) in [4.78, 5) is 11.1. The maximum absolute atomic E-state index is 11.1. The number of anilines is 1. The van der Waals surface area contributed by atoms with Crippen molar-refractivity contribution in [1.82, 2.24) is 9.78 Å². The van der Waals surface area contributed by atoms with Crippen LogP contribution in [0.15, 0.2) is 6.20 Å². The van der Waals surface area contributed by atoms with Gasteiger partial charge in [0.15, 0.2) is 0 Å². The third-order valence-corrected chi connectivity index (χ3v) is 2.34. The number of methoxy groups -OCH3 is 1. The molecule has 16 heavy (non-hydrogen) atoms. The maximum atomic E-state index is 11.1. The van der Waals surface area contributed by atoms with Crippen molar-refractivity contribution in [3.8, 4) is 0 Å². The van der Waals surface area contributed by atoms with Crippen LogP contribution >= 0.6 is 0 Å². The minimum atomic E-state index is -0.207. The van der Waals surface area contributed by atoms with Crippen molar-refractivity contribution >= 4 is 11.7 Å². The molecule has 0 fully saturated rings. The Hall–Kier alpha value is -1.52. The third kappa shape index (κ3) is 3.25. The number of ether oxygens (including phenoxy) is 1. The second-order valence-electron chi connectivity index (χ2n) is 3.84. The fraction of sp³-hybridized carbons (Fsp3) is 0.636. The molecule has 1 unspecified atom stereocenters. The molecule has 0 aliphatic rings. The van der Waals surface area contributed by atoms with Gasteiger partial charge in [0.05, 0.1) is 24.9 Å². The third-order valence-electron chi connectivity index (χ3n) is 2.34. The normalized spacial score (nSPS) is 12.2. The average molecular weight is 225 g/mol. The SMILES string of the molecule is CCc1nn(C)cc1NC(C)CC(=O)OC. The van der Waals surface area contributed by atoms with Gasteiger partial charge < -0.3 is 10.1 Å². The van der Waals surface area contributed by atoms with Crippen LogP contribution in [-0.2, 0) is 23.0 Å². The van der Waals surface area contributed by atoms with Crippen molar-refractivity contribution < 1.29 is 9.53 Å². The van der Waals surface area contributed by atoms with Crippen LogP contribution in [0.3, 0.4) is 0 Å². The Morgan fingerprint density at radius 3 is 2.94 bits per heavy atom. The van der Waals surface area contributed by atoms with E-state index < -0.39 is 0 Å². The lowest BCUT2D eigenvalue weighted by atomic mass is 10.2. The minimum absolute atomic E-state index is 0.0435. The molecular formula is C11H19N3O2. The quantitative estimate of drug-likeness (QED) is 0.768. The fourth-order valence-corrected chi connectivity index (χ4v) is 1.57. The van der Waals surface area contributed by atoms with Gasteiger partial charge in [0.25, 0.3) is 0 Å². The van der Waals surface area contributed by atoms with Gasteiger partial charge in [-0.05, 0) is 13.3 Å². The molecule has 5 nitrogen and oxygen atoms in total. The molecule has 0 radical (unpaired) electrons. The van der Waals surface area contributed by atoms with Crippen molar-refractivity contribution in [3.05, 3.63) is 11.9 Å². The second kappa shape index (κ2) is 5.53. The highest BCUT2D eigenvalue weighted by Crippen LogP contribution is 2.15. The summed E-state index contributed by atoms with van der Waals surface area (Å²) in [5.41, 5.74) is 2.00. The molecule has 1 atom stereocenters. The minimum Gasteiger partial charge on any atom is -0.469 e. The first-order chi connectivity index (χ1) is 7.56. The Labute approximate surface area is 95.8 Å². The molecule has 1 heterocycles. The summed E-state index contributed by atoms with van der Waals surface area (Å²) in [6, 6.07) is 0.0435. The summed E-state index contributed by atoms with van der Waals surface area (Å²) in [6.07, 6.45) is 3.15. The molecule has 0 aliphatic carbocycles. The summed E-state index contributed by atoms with van der Waals surface area (Å²) < 4.78 is 6.39. The van der Waals surface area contributed by atoms with Crippen LogP contribution in [0, 0.1) is 0 Å². The summed E-state index contributed by atoms with van der Waals surface area (Å²) in [5, 5.41) is 7.58. The summed E-state index contributed by atoms with van der Waals surface area (Å²) >= 11 is 0. The second-order valence-corrected chi connectivity index (χ2v) is 3.84. The topological polar surface area (TPSA) is 56.2 Å². The van der Waals surface area contributed by atoms with Gasteiger partial charge in [-0.25, -0.2) is 0 Å². The van der Waals surface area contributed by atoms with Gasteiger partial charge >= 0.3 is 5.97 Å². The van der Waals surface area contributed by atoms with Crippen molar-refractivity contribution in [3.63, 3.8) is 0 Å². The van der Waals surface area contributed by atoms with Crippen LogP contribution in [0.5, 0.6) is 0 Å². The van der Waals surface area contributed by atoms with Gasteiger partial charge in [-0.2, -0.15) is 5.10 Å². The standard InChI is InChI=1S/C11H19N3O2/c1-5-9-10(7-14(3)13-9)12-8(2)6-11(15)16-4/h7-8,12H,5-6H2,1-4H3. The van der Waals surface area contributed by atoms with Gasteiger partial charge in [0.1, 0.15) is 0 Å². The smallest absolute Gasteiger partial charge is 0.307 e. The molecule has 0 saturated carbocycles. The largest absolute Gasteiger partial charge is 0.469 e. The lowest BCUT2D eigenvalue weighted by molar-refractivity contribution is -0.140. The number of hydrogen-bond acceptors (Lipinski definition) is 4. The number of carbonyl (C=O) groups excluding carboxylic acids is 1. The van der Waals surface area contributed by atoms with Gasteiger partial charge in [0, 0.05) is 19.3 Å². The van der Waals surface area contributed by atoms with Crippen LogP contribution in [0.4, 0.5) is 5.69 Å². The molecular weight excluding hydrogens is 206 g/mol.